The lowest BCUT2D eigenvalue weighted by molar-refractivity contribution is -0.136. The van der Waals surface area contributed by atoms with Gasteiger partial charge in [-0.05, 0) is 12.8 Å². The molecule has 0 aliphatic rings. The Morgan fingerprint density at radius 3 is 1.12 bits per heavy atom. The van der Waals surface area contributed by atoms with E-state index < -0.39 is 42.5 Å². The van der Waals surface area contributed by atoms with Crippen LogP contribution in [0, 0.1) is 17.8 Å². The molecule has 0 aromatic heterocycles. The molecule has 0 aliphatic carbocycles. The molecule has 0 bridgehead atoms. The van der Waals surface area contributed by atoms with Crippen LogP contribution in [0.2, 0.25) is 0 Å². The Bertz CT molecular complexity index is 551. The number of ketones is 3. The summed E-state index contributed by atoms with van der Waals surface area (Å²) in [5.41, 5.74) is 4.86. The summed E-state index contributed by atoms with van der Waals surface area (Å²) in [6.45, 7) is 13.7. The number of hydrogen-bond acceptors (Lipinski definition) is 10. The molecule has 0 spiro atoms. The molecule has 6 atom stereocenters. The summed E-state index contributed by atoms with van der Waals surface area (Å²) in [4.78, 5) is 33.0. The summed E-state index contributed by atoms with van der Waals surface area (Å²) in [5, 5.41) is 54.2. The van der Waals surface area contributed by atoms with E-state index in [2.05, 4.69) is 0 Å². The second-order valence-electron chi connectivity index (χ2n) is 8.83. The van der Waals surface area contributed by atoms with Crippen LogP contribution in [0.1, 0.15) is 82.1 Å². The van der Waals surface area contributed by atoms with E-state index in [-0.39, 0.29) is 36.7 Å². The van der Waals surface area contributed by atoms with Gasteiger partial charge in [-0.3, -0.25) is 14.4 Å². The highest BCUT2D eigenvalue weighted by Crippen LogP contribution is 2.08. The van der Waals surface area contributed by atoms with Crippen molar-refractivity contribution in [3.8, 4) is 0 Å². The molecule has 0 aliphatic heterocycles. The van der Waals surface area contributed by atoms with E-state index in [1.54, 1.807) is 48.5 Å². The number of hydrogen-bond donors (Lipinski definition) is 7. The molecule has 10 nitrogen and oxygen atoms in total. The number of aliphatic hydroxyl groups is 6. The van der Waals surface area contributed by atoms with Crippen LogP contribution in [-0.2, 0) is 14.4 Å². The van der Waals surface area contributed by atoms with Gasteiger partial charge in [0.15, 0.2) is 23.5 Å². The molecule has 8 N–H and O–H groups in total. The predicted molar refractivity (Wildman–Crippen MR) is 132 cm³/mol. The maximum absolute atomic E-state index is 11.1. The topological polar surface area (TPSA) is 199 Å². The van der Waals surface area contributed by atoms with Gasteiger partial charge in [0.05, 0.1) is 12.2 Å². The van der Waals surface area contributed by atoms with Crippen LogP contribution < -0.4 is 5.73 Å². The van der Waals surface area contributed by atoms with Crippen LogP contribution in [0.25, 0.3) is 0 Å². The third-order valence-corrected chi connectivity index (χ3v) is 4.64. The van der Waals surface area contributed by atoms with E-state index in [1.807, 2.05) is 6.92 Å². The van der Waals surface area contributed by atoms with Crippen molar-refractivity contribution >= 4 is 17.3 Å². The van der Waals surface area contributed by atoms with Gasteiger partial charge in [0.25, 0.3) is 0 Å². The fraction of sp³-hybridized carbons (Fsp3) is 0.875. The molecular weight excluding hydrogens is 446 g/mol. The number of rotatable bonds is 12. The highest BCUT2D eigenvalue weighted by Gasteiger charge is 2.25. The Kier molecular flexibility index (Phi) is 24.7. The first kappa shape index (κ1) is 39.9. The predicted octanol–water partition coefficient (Wildman–Crippen LogP) is 0.562. The molecular formula is C24H51NO9. The number of carbonyl (C=O) groups is 3. The highest BCUT2D eigenvalue weighted by atomic mass is 16.3. The Labute approximate surface area is 205 Å². The third kappa shape index (κ3) is 17.2. The van der Waals surface area contributed by atoms with Crippen LogP contribution >= 0.6 is 0 Å². The molecule has 206 valence electrons. The van der Waals surface area contributed by atoms with Crippen LogP contribution in [0.4, 0.5) is 0 Å². The molecule has 0 aromatic carbocycles. The first-order valence-electron chi connectivity index (χ1n) is 11.4. The second kappa shape index (κ2) is 21.0. The van der Waals surface area contributed by atoms with Crippen LogP contribution in [0.3, 0.4) is 0 Å². The van der Waals surface area contributed by atoms with Crippen molar-refractivity contribution in [3.05, 3.63) is 0 Å². The Balaban J connectivity index is -0.000000196. The summed E-state index contributed by atoms with van der Waals surface area (Å²) in [7, 11) is 0. The number of aliphatic hydroxyl groups excluding tert-OH is 6. The summed E-state index contributed by atoms with van der Waals surface area (Å²) < 4.78 is 0. The number of nitrogens with two attached hydrogens (primary N) is 1. The SMILES string of the molecule is C.CC(C)C(=O)C(O)C(N)O.CCC(O)C(O)C(=O)C(C)C.CCCC(O)C(O)C(=O)C(C)C. The van der Waals surface area contributed by atoms with E-state index in [4.69, 9.17) is 26.2 Å². The number of carbonyl (C=O) groups excluding carboxylic acids is 3. The lowest BCUT2D eigenvalue weighted by Crippen LogP contribution is -2.42. The van der Waals surface area contributed by atoms with Gasteiger partial charge < -0.3 is 36.4 Å². The van der Waals surface area contributed by atoms with Crippen LogP contribution in [-0.4, -0.2) is 84.7 Å². The molecule has 34 heavy (non-hydrogen) atoms. The molecule has 0 aromatic rings. The minimum atomic E-state index is -1.46. The van der Waals surface area contributed by atoms with Crippen molar-refractivity contribution in [2.75, 3.05) is 0 Å². The zero-order valence-electron chi connectivity index (χ0n) is 21.3. The third-order valence-electron chi connectivity index (χ3n) is 4.64. The standard InChI is InChI=1S/C9H18O3.C8H16O3.C6H13NO3.CH4/c1-4-5-7(10)9(12)8(11)6(2)3;1-4-6(9)8(11)7(10)5(2)3;1-3(2)4(8)5(9)6(7)10;/h6-7,9-10,12H,4-5H2,1-3H3;5-6,8-9,11H,4H2,1-3H3;3,5-6,9-10H,7H2,1-2H3;1H4. The monoisotopic (exact) mass is 497 g/mol. The van der Waals surface area contributed by atoms with E-state index in [0.29, 0.717) is 12.8 Å². The summed E-state index contributed by atoms with van der Waals surface area (Å²) in [6.07, 6.45) is -5.49. The summed E-state index contributed by atoms with van der Waals surface area (Å²) in [6, 6.07) is 0. The van der Waals surface area contributed by atoms with Crippen LogP contribution in [0.5, 0.6) is 0 Å². The van der Waals surface area contributed by atoms with Gasteiger partial charge >= 0.3 is 0 Å². The molecule has 0 saturated carbocycles. The minimum absolute atomic E-state index is 0. The maximum Gasteiger partial charge on any atom is 0.167 e. The smallest absolute Gasteiger partial charge is 0.167 e. The molecule has 0 saturated heterocycles. The molecule has 10 heteroatoms. The molecule has 0 fully saturated rings. The molecule has 0 amide bonds. The quantitative estimate of drug-likeness (QED) is 0.187. The van der Waals surface area contributed by atoms with Crippen molar-refractivity contribution in [2.24, 2.45) is 23.5 Å². The Morgan fingerprint density at radius 2 is 0.912 bits per heavy atom. The largest absolute Gasteiger partial charge is 0.390 e. The van der Waals surface area contributed by atoms with Gasteiger partial charge in [-0.15, -0.1) is 0 Å². The van der Waals surface area contributed by atoms with Gasteiger partial charge in [-0.25, -0.2) is 0 Å². The van der Waals surface area contributed by atoms with Crippen molar-refractivity contribution in [2.45, 2.75) is 119 Å². The molecule has 6 unspecified atom stereocenters. The first-order chi connectivity index (χ1) is 15.0. The lowest BCUT2D eigenvalue weighted by atomic mass is 9.98. The zero-order chi connectivity index (χ0) is 27.0. The van der Waals surface area contributed by atoms with Gasteiger partial charge in [0.2, 0.25) is 0 Å². The average molecular weight is 498 g/mol. The lowest BCUT2D eigenvalue weighted by Gasteiger charge is -2.17. The number of Topliss-reactive ketones (excluding diaryl/α,β-unsaturated/α-hetero) is 3. The first-order valence-corrected chi connectivity index (χ1v) is 11.4. The van der Waals surface area contributed by atoms with E-state index >= 15 is 0 Å². The van der Waals surface area contributed by atoms with E-state index in [1.165, 1.54) is 0 Å². The minimum Gasteiger partial charge on any atom is -0.390 e. The van der Waals surface area contributed by atoms with Gasteiger partial charge in [0, 0.05) is 17.8 Å². The normalized spacial score (nSPS) is 16.1. The Hall–Kier alpha value is -1.27. The fourth-order valence-electron chi connectivity index (χ4n) is 2.25. The molecule has 0 rings (SSSR count). The van der Waals surface area contributed by atoms with E-state index in [9.17, 15) is 24.6 Å². The van der Waals surface area contributed by atoms with Crippen molar-refractivity contribution in [3.63, 3.8) is 0 Å². The van der Waals surface area contributed by atoms with Gasteiger partial charge in [-0.2, -0.15) is 0 Å². The summed E-state index contributed by atoms with van der Waals surface area (Å²) in [5.74, 6) is -1.74. The Morgan fingerprint density at radius 1 is 0.618 bits per heavy atom. The summed E-state index contributed by atoms with van der Waals surface area (Å²) >= 11 is 0. The maximum atomic E-state index is 11.1. The molecule has 0 heterocycles. The van der Waals surface area contributed by atoms with Crippen LogP contribution in [0.15, 0.2) is 0 Å². The second-order valence-corrected chi connectivity index (χ2v) is 8.83. The van der Waals surface area contributed by atoms with Crippen molar-refractivity contribution in [1.29, 1.82) is 0 Å². The van der Waals surface area contributed by atoms with Gasteiger partial charge in [-0.1, -0.05) is 69.2 Å². The fourth-order valence-corrected chi connectivity index (χ4v) is 2.25. The average Bonchev–Trinajstić information content (AvgIpc) is 2.75. The van der Waals surface area contributed by atoms with Crippen molar-refractivity contribution in [1.82, 2.24) is 0 Å². The van der Waals surface area contributed by atoms with E-state index in [0.717, 1.165) is 6.42 Å². The van der Waals surface area contributed by atoms with Crippen molar-refractivity contribution < 1.29 is 45.0 Å². The highest BCUT2D eigenvalue weighted by molar-refractivity contribution is 5.85. The van der Waals surface area contributed by atoms with Gasteiger partial charge in [0.1, 0.15) is 18.4 Å². The zero-order valence-corrected chi connectivity index (χ0v) is 21.3. The molecule has 0 radical (unpaired) electrons.